The van der Waals surface area contributed by atoms with Gasteiger partial charge >= 0.3 is 6.18 Å². The van der Waals surface area contributed by atoms with Crippen molar-refractivity contribution < 1.29 is 17.6 Å². The van der Waals surface area contributed by atoms with Crippen LogP contribution in [0.2, 0.25) is 5.02 Å². The Morgan fingerprint density at radius 1 is 1.28 bits per heavy atom. The molecule has 2 aromatic rings. The van der Waals surface area contributed by atoms with Crippen LogP contribution in [-0.4, -0.2) is 4.98 Å². The molecule has 0 aliphatic rings. The molecule has 0 atom stereocenters. The van der Waals surface area contributed by atoms with Gasteiger partial charge in [-0.25, -0.2) is 9.37 Å². The lowest BCUT2D eigenvalue weighted by molar-refractivity contribution is -0.140. The maximum Gasteiger partial charge on any atom is 0.433 e. The van der Waals surface area contributed by atoms with E-state index in [1.165, 1.54) is 6.92 Å². The zero-order valence-electron chi connectivity index (χ0n) is 8.87. The van der Waals surface area contributed by atoms with Crippen molar-refractivity contribution >= 4 is 38.4 Å². The first-order valence-electron chi connectivity index (χ1n) is 4.74. The van der Waals surface area contributed by atoms with E-state index in [-0.39, 0.29) is 20.4 Å². The van der Waals surface area contributed by atoms with Crippen molar-refractivity contribution in [2.75, 3.05) is 0 Å². The minimum Gasteiger partial charge on any atom is -0.243 e. The number of benzene rings is 1. The Morgan fingerprint density at radius 2 is 1.89 bits per heavy atom. The summed E-state index contributed by atoms with van der Waals surface area (Å²) in [6.45, 7) is 1.47. The van der Waals surface area contributed by atoms with Gasteiger partial charge in [-0.15, -0.1) is 0 Å². The fourth-order valence-electron chi connectivity index (χ4n) is 1.59. The predicted molar refractivity (Wildman–Crippen MR) is 64.2 cm³/mol. The van der Waals surface area contributed by atoms with E-state index < -0.39 is 17.7 Å². The molecule has 96 valence electrons. The van der Waals surface area contributed by atoms with Crippen LogP contribution in [0.5, 0.6) is 0 Å². The lowest BCUT2D eigenvalue weighted by Crippen LogP contribution is -2.08. The minimum absolute atomic E-state index is 0.00863. The second-order valence-electron chi connectivity index (χ2n) is 3.70. The molecule has 0 bridgehead atoms. The van der Waals surface area contributed by atoms with E-state index in [1.807, 2.05) is 0 Å². The lowest BCUT2D eigenvalue weighted by Gasteiger charge is -2.11. The maximum atomic E-state index is 13.5. The van der Waals surface area contributed by atoms with Crippen LogP contribution in [0.4, 0.5) is 17.6 Å². The zero-order valence-corrected chi connectivity index (χ0v) is 11.2. The Morgan fingerprint density at radius 3 is 2.44 bits per heavy atom. The van der Waals surface area contributed by atoms with Gasteiger partial charge in [0.15, 0.2) is 0 Å². The van der Waals surface area contributed by atoms with Crippen molar-refractivity contribution in [1.29, 1.82) is 0 Å². The molecule has 0 saturated carbocycles. The molecular weight excluding hydrogens is 337 g/mol. The van der Waals surface area contributed by atoms with Crippen molar-refractivity contribution in [1.82, 2.24) is 4.98 Å². The van der Waals surface area contributed by atoms with E-state index in [0.29, 0.717) is 11.6 Å². The SMILES string of the molecule is Cc1cc(F)c(Br)c2c(Cl)cc(C(F)(F)F)nc12. The van der Waals surface area contributed by atoms with Gasteiger partial charge in [0, 0.05) is 5.39 Å². The fraction of sp³-hybridized carbons (Fsp3) is 0.182. The van der Waals surface area contributed by atoms with Gasteiger partial charge in [0.05, 0.1) is 15.0 Å². The normalized spacial score (nSPS) is 12.2. The average Bonchev–Trinajstić information content (AvgIpc) is 2.24. The highest BCUT2D eigenvalue weighted by molar-refractivity contribution is 9.10. The number of aromatic nitrogens is 1. The molecule has 0 N–H and O–H groups in total. The summed E-state index contributed by atoms with van der Waals surface area (Å²) in [6.07, 6.45) is -4.59. The quantitative estimate of drug-likeness (QED) is 0.606. The van der Waals surface area contributed by atoms with Gasteiger partial charge < -0.3 is 0 Å². The zero-order chi connectivity index (χ0) is 13.7. The molecule has 0 saturated heterocycles. The van der Waals surface area contributed by atoms with Crippen LogP contribution >= 0.6 is 27.5 Å². The fourth-order valence-corrected chi connectivity index (χ4v) is 2.51. The maximum absolute atomic E-state index is 13.5. The largest absolute Gasteiger partial charge is 0.433 e. The Balaban J connectivity index is 2.91. The third-order valence-electron chi connectivity index (χ3n) is 2.41. The number of fused-ring (bicyclic) bond motifs is 1. The molecular formula is C11H5BrClF4N. The van der Waals surface area contributed by atoms with Gasteiger partial charge in [0.1, 0.15) is 11.5 Å². The highest BCUT2D eigenvalue weighted by Crippen LogP contribution is 2.37. The Hall–Kier alpha value is -0.880. The van der Waals surface area contributed by atoms with Crippen molar-refractivity contribution in [2.45, 2.75) is 13.1 Å². The summed E-state index contributed by atoms with van der Waals surface area (Å²) >= 11 is 8.74. The number of halogens is 6. The van der Waals surface area contributed by atoms with Gasteiger partial charge in [-0.2, -0.15) is 13.2 Å². The number of pyridine rings is 1. The minimum atomic E-state index is -4.59. The highest BCUT2D eigenvalue weighted by Gasteiger charge is 2.33. The number of hydrogen-bond acceptors (Lipinski definition) is 1. The third kappa shape index (κ3) is 2.19. The van der Waals surface area contributed by atoms with Gasteiger partial charge in [-0.05, 0) is 40.5 Å². The topological polar surface area (TPSA) is 12.9 Å². The third-order valence-corrected chi connectivity index (χ3v) is 3.48. The Kier molecular flexibility index (Phi) is 3.27. The van der Waals surface area contributed by atoms with Crippen LogP contribution in [0.1, 0.15) is 11.3 Å². The number of rotatable bonds is 0. The summed E-state index contributed by atoms with van der Waals surface area (Å²) in [5.74, 6) is -0.594. The molecule has 18 heavy (non-hydrogen) atoms. The second kappa shape index (κ2) is 4.35. The lowest BCUT2D eigenvalue weighted by atomic mass is 10.1. The van der Waals surface area contributed by atoms with Crippen LogP contribution in [0, 0.1) is 12.7 Å². The molecule has 0 fully saturated rings. The number of aryl methyl sites for hydroxylation is 1. The summed E-state index contributed by atoms with van der Waals surface area (Å²) < 4.78 is 51.3. The van der Waals surface area contributed by atoms with Gasteiger partial charge in [-0.3, -0.25) is 0 Å². The molecule has 0 aliphatic heterocycles. The van der Waals surface area contributed by atoms with Crippen LogP contribution in [0.3, 0.4) is 0 Å². The van der Waals surface area contributed by atoms with Crippen LogP contribution in [-0.2, 0) is 6.18 Å². The molecule has 0 unspecified atom stereocenters. The smallest absolute Gasteiger partial charge is 0.243 e. The highest BCUT2D eigenvalue weighted by atomic mass is 79.9. The molecule has 0 spiro atoms. The Bertz CT molecular complexity index is 639. The average molecular weight is 343 g/mol. The van der Waals surface area contributed by atoms with Crippen molar-refractivity contribution in [3.63, 3.8) is 0 Å². The summed E-state index contributed by atoms with van der Waals surface area (Å²) in [5.41, 5.74) is -0.775. The van der Waals surface area contributed by atoms with E-state index in [9.17, 15) is 17.6 Å². The van der Waals surface area contributed by atoms with Crippen LogP contribution < -0.4 is 0 Å². The summed E-state index contributed by atoms with van der Waals surface area (Å²) in [7, 11) is 0. The standard InChI is InChI=1S/C11H5BrClF4N/c1-4-2-6(14)9(12)8-5(13)3-7(11(15,16)17)18-10(4)8/h2-3H,1H3. The van der Waals surface area contributed by atoms with Crippen LogP contribution in [0.25, 0.3) is 10.9 Å². The van der Waals surface area contributed by atoms with Gasteiger partial charge in [-0.1, -0.05) is 11.6 Å². The van der Waals surface area contributed by atoms with Crippen molar-refractivity contribution in [3.8, 4) is 0 Å². The first-order chi connectivity index (χ1) is 8.21. The first kappa shape index (κ1) is 13.5. The van der Waals surface area contributed by atoms with E-state index in [0.717, 1.165) is 6.07 Å². The molecule has 1 aromatic heterocycles. The van der Waals surface area contributed by atoms with Crippen molar-refractivity contribution in [2.24, 2.45) is 0 Å². The first-order valence-corrected chi connectivity index (χ1v) is 5.91. The van der Waals surface area contributed by atoms with E-state index in [4.69, 9.17) is 11.6 Å². The van der Waals surface area contributed by atoms with Crippen molar-refractivity contribution in [3.05, 3.63) is 38.7 Å². The number of alkyl halides is 3. The van der Waals surface area contributed by atoms with E-state index in [2.05, 4.69) is 20.9 Å². The van der Waals surface area contributed by atoms with Crippen LogP contribution in [0.15, 0.2) is 16.6 Å². The predicted octanol–water partition coefficient (Wildman–Crippen LogP) is 5.12. The molecule has 1 aromatic carbocycles. The number of nitrogens with zero attached hydrogens (tertiary/aromatic N) is 1. The molecule has 1 heterocycles. The molecule has 1 nitrogen and oxygen atoms in total. The molecule has 7 heteroatoms. The summed E-state index contributed by atoms with van der Waals surface area (Å²) in [4.78, 5) is 3.50. The summed E-state index contributed by atoms with van der Waals surface area (Å²) in [5, 5.41) is -0.0519. The monoisotopic (exact) mass is 341 g/mol. The van der Waals surface area contributed by atoms with E-state index in [1.54, 1.807) is 0 Å². The van der Waals surface area contributed by atoms with Gasteiger partial charge in [0.2, 0.25) is 0 Å². The molecule has 0 amide bonds. The molecule has 2 rings (SSSR count). The summed E-state index contributed by atoms with van der Waals surface area (Å²) in [6, 6.07) is 1.80. The molecule has 0 radical (unpaired) electrons. The second-order valence-corrected chi connectivity index (χ2v) is 4.90. The van der Waals surface area contributed by atoms with E-state index >= 15 is 0 Å². The molecule has 0 aliphatic carbocycles. The van der Waals surface area contributed by atoms with Gasteiger partial charge in [0.25, 0.3) is 0 Å². The number of hydrogen-bond donors (Lipinski definition) is 0. The Labute approximate surface area is 113 Å².